The fraction of sp³-hybridized carbons (Fsp3) is 0.450. The van der Waals surface area contributed by atoms with Crippen LogP contribution in [0, 0.1) is 0 Å². The average molecular weight is 311 g/mol. The fourth-order valence-corrected chi connectivity index (χ4v) is 3.74. The lowest BCUT2D eigenvalue weighted by Gasteiger charge is -2.31. The second-order valence-corrected chi connectivity index (χ2v) is 6.83. The molecule has 0 aromatic heterocycles. The Morgan fingerprint density at radius 1 is 1.22 bits per heavy atom. The Hall–Kier alpha value is -2.03. The van der Waals surface area contributed by atoms with Gasteiger partial charge in [0.1, 0.15) is 0 Å². The fourth-order valence-electron chi connectivity index (χ4n) is 3.74. The summed E-state index contributed by atoms with van der Waals surface area (Å²) in [6.07, 6.45) is 0.431. The number of esters is 1. The highest BCUT2D eigenvalue weighted by Gasteiger charge is 2.42. The van der Waals surface area contributed by atoms with Gasteiger partial charge in [0.2, 0.25) is 0 Å². The maximum atomic E-state index is 11.7. The van der Waals surface area contributed by atoms with E-state index in [0.29, 0.717) is 25.6 Å². The van der Waals surface area contributed by atoms with Gasteiger partial charge in [0.15, 0.2) is 0 Å². The summed E-state index contributed by atoms with van der Waals surface area (Å²) in [6, 6.07) is 13.3. The number of fused-ring (bicyclic) bond motifs is 3. The third kappa shape index (κ3) is 2.58. The number of nitrogens with zero attached hydrogens (tertiary/aromatic N) is 1. The van der Waals surface area contributed by atoms with Crippen LogP contribution in [0.15, 0.2) is 36.4 Å². The van der Waals surface area contributed by atoms with Crippen molar-refractivity contribution in [3.05, 3.63) is 42.0 Å². The van der Waals surface area contributed by atoms with E-state index in [0.717, 1.165) is 0 Å². The zero-order chi connectivity index (χ0) is 16.6. The van der Waals surface area contributed by atoms with Crippen molar-refractivity contribution in [2.45, 2.75) is 45.6 Å². The summed E-state index contributed by atoms with van der Waals surface area (Å²) in [5.74, 6) is -0.119. The number of rotatable bonds is 4. The van der Waals surface area contributed by atoms with Crippen LogP contribution >= 0.6 is 0 Å². The molecular formula is C20H25NO2. The summed E-state index contributed by atoms with van der Waals surface area (Å²) >= 11 is 0. The van der Waals surface area contributed by atoms with Crippen LogP contribution in [0.2, 0.25) is 0 Å². The van der Waals surface area contributed by atoms with Crippen molar-refractivity contribution in [2.75, 3.05) is 18.1 Å². The van der Waals surface area contributed by atoms with Crippen LogP contribution in [0.1, 0.15) is 39.7 Å². The van der Waals surface area contributed by atoms with Gasteiger partial charge < -0.3 is 9.64 Å². The van der Waals surface area contributed by atoms with E-state index in [4.69, 9.17) is 4.74 Å². The van der Waals surface area contributed by atoms with Crippen LogP contribution in [-0.2, 0) is 14.9 Å². The van der Waals surface area contributed by atoms with Gasteiger partial charge in [-0.1, -0.05) is 44.2 Å². The molecule has 0 aliphatic carbocycles. The van der Waals surface area contributed by atoms with Crippen LogP contribution in [0.3, 0.4) is 0 Å². The minimum atomic E-state index is -0.119. The van der Waals surface area contributed by atoms with Gasteiger partial charge in [0.25, 0.3) is 0 Å². The summed E-state index contributed by atoms with van der Waals surface area (Å²) in [6.45, 7) is 9.84. The third-order valence-electron chi connectivity index (χ3n) is 5.23. The highest BCUT2D eigenvalue weighted by molar-refractivity contribution is 5.93. The third-order valence-corrected chi connectivity index (χ3v) is 5.23. The molecule has 3 nitrogen and oxygen atoms in total. The molecule has 2 aromatic carbocycles. The first-order valence-corrected chi connectivity index (χ1v) is 8.41. The molecule has 1 atom stereocenters. The van der Waals surface area contributed by atoms with E-state index in [2.05, 4.69) is 62.1 Å². The van der Waals surface area contributed by atoms with Gasteiger partial charge in [-0.15, -0.1) is 0 Å². The molecule has 3 heteroatoms. The predicted molar refractivity (Wildman–Crippen MR) is 95.0 cm³/mol. The molecule has 0 saturated carbocycles. The zero-order valence-electron chi connectivity index (χ0n) is 14.4. The summed E-state index contributed by atoms with van der Waals surface area (Å²) in [5.41, 5.74) is 2.70. The zero-order valence-corrected chi connectivity index (χ0v) is 14.4. The van der Waals surface area contributed by atoms with Crippen LogP contribution in [-0.4, -0.2) is 25.2 Å². The summed E-state index contributed by atoms with van der Waals surface area (Å²) in [4.78, 5) is 14.1. The van der Waals surface area contributed by atoms with Gasteiger partial charge in [-0.2, -0.15) is 0 Å². The molecule has 122 valence electrons. The van der Waals surface area contributed by atoms with Crippen LogP contribution < -0.4 is 4.90 Å². The van der Waals surface area contributed by atoms with Crippen LogP contribution in [0.4, 0.5) is 5.69 Å². The first kappa shape index (κ1) is 15.9. The van der Waals surface area contributed by atoms with Crippen molar-refractivity contribution < 1.29 is 9.53 Å². The van der Waals surface area contributed by atoms with Gasteiger partial charge in [-0.25, -0.2) is 0 Å². The topological polar surface area (TPSA) is 29.5 Å². The Morgan fingerprint density at radius 3 is 2.70 bits per heavy atom. The maximum absolute atomic E-state index is 11.7. The molecule has 1 unspecified atom stereocenters. The minimum Gasteiger partial charge on any atom is -0.466 e. The van der Waals surface area contributed by atoms with Crippen molar-refractivity contribution in [1.29, 1.82) is 0 Å². The normalized spacial score (nSPS) is 19.0. The van der Waals surface area contributed by atoms with E-state index in [1.54, 1.807) is 0 Å². The molecule has 0 bridgehead atoms. The minimum absolute atomic E-state index is 0.0465. The molecule has 23 heavy (non-hydrogen) atoms. The lowest BCUT2D eigenvalue weighted by molar-refractivity contribution is -0.142. The van der Waals surface area contributed by atoms with Crippen molar-refractivity contribution in [3.8, 4) is 0 Å². The van der Waals surface area contributed by atoms with E-state index in [-0.39, 0.29) is 11.4 Å². The van der Waals surface area contributed by atoms with Gasteiger partial charge in [0, 0.05) is 23.7 Å². The Bertz CT molecular complexity index is 735. The van der Waals surface area contributed by atoms with E-state index in [1.807, 2.05) is 6.92 Å². The SMILES string of the molecule is CCOC(=O)CCN1c2ccc3ccccc3c2C(C)(C)C1C. The number of hydrogen-bond acceptors (Lipinski definition) is 3. The maximum Gasteiger partial charge on any atom is 0.307 e. The largest absolute Gasteiger partial charge is 0.466 e. The number of hydrogen-bond donors (Lipinski definition) is 0. The van der Waals surface area contributed by atoms with Crippen LogP contribution in [0.5, 0.6) is 0 Å². The Balaban J connectivity index is 2.00. The highest BCUT2D eigenvalue weighted by atomic mass is 16.5. The first-order chi connectivity index (χ1) is 11.0. The van der Waals surface area contributed by atoms with Gasteiger partial charge >= 0.3 is 5.97 Å². The quantitative estimate of drug-likeness (QED) is 0.789. The molecule has 0 N–H and O–H groups in total. The number of anilines is 1. The summed E-state index contributed by atoms with van der Waals surface area (Å²) in [7, 11) is 0. The van der Waals surface area contributed by atoms with Crippen LogP contribution in [0.25, 0.3) is 10.8 Å². The lowest BCUT2D eigenvalue weighted by Crippen LogP contribution is -2.40. The van der Waals surface area contributed by atoms with Crippen molar-refractivity contribution in [1.82, 2.24) is 0 Å². The molecule has 0 saturated heterocycles. The average Bonchev–Trinajstić information content (AvgIpc) is 2.73. The van der Waals surface area contributed by atoms with Crippen molar-refractivity contribution >= 4 is 22.4 Å². The van der Waals surface area contributed by atoms with E-state index < -0.39 is 0 Å². The van der Waals surface area contributed by atoms with E-state index in [1.165, 1.54) is 22.0 Å². The molecule has 1 heterocycles. The van der Waals surface area contributed by atoms with E-state index in [9.17, 15) is 4.79 Å². The second-order valence-electron chi connectivity index (χ2n) is 6.83. The van der Waals surface area contributed by atoms with Gasteiger partial charge in [-0.05, 0) is 36.2 Å². The number of carbonyl (C=O) groups is 1. The van der Waals surface area contributed by atoms with Gasteiger partial charge in [0.05, 0.1) is 13.0 Å². The molecule has 0 amide bonds. The molecule has 0 fully saturated rings. The highest BCUT2D eigenvalue weighted by Crippen LogP contribution is 2.48. The van der Waals surface area contributed by atoms with Crippen molar-refractivity contribution in [3.63, 3.8) is 0 Å². The first-order valence-electron chi connectivity index (χ1n) is 8.41. The Morgan fingerprint density at radius 2 is 1.96 bits per heavy atom. The number of carbonyl (C=O) groups excluding carboxylic acids is 1. The molecule has 1 aliphatic heterocycles. The summed E-state index contributed by atoms with van der Waals surface area (Å²) < 4.78 is 5.08. The molecule has 3 rings (SSSR count). The monoisotopic (exact) mass is 311 g/mol. The summed E-state index contributed by atoms with van der Waals surface area (Å²) in [5, 5.41) is 2.60. The number of ether oxygens (including phenoxy) is 1. The van der Waals surface area contributed by atoms with Crippen molar-refractivity contribution in [2.24, 2.45) is 0 Å². The number of benzene rings is 2. The Labute approximate surface area is 138 Å². The molecule has 0 radical (unpaired) electrons. The van der Waals surface area contributed by atoms with E-state index >= 15 is 0 Å². The molecule has 1 aliphatic rings. The lowest BCUT2D eigenvalue weighted by atomic mass is 9.79. The predicted octanol–water partition coefficient (Wildman–Crippen LogP) is 4.28. The van der Waals surface area contributed by atoms with Gasteiger partial charge in [-0.3, -0.25) is 4.79 Å². The smallest absolute Gasteiger partial charge is 0.307 e. The molecule has 0 spiro atoms. The standard InChI is InChI=1S/C20H25NO2/c1-5-23-18(22)12-13-21-14(2)20(3,4)19-16-9-7-6-8-15(16)10-11-17(19)21/h6-11,14H,5,12-13H2,1-4H3. The molecular weight excluding hydrogens is 286 g/mol. The Kier molecular flexibility index (Phi) is 4.05. The molecule has 2 aromatic rings. The second kappa shape index (κ2) is 5.88.